The number of hydrogen-bond donors (Lipinski definition) is 2. The van der Waals surface area contributed by atoms with Gasteiger partial charge in [-0.3, -0.25) is 14.5 Å². The monoisotopic (exact) mass is 344 g/mol. The third-order valence-corrected chi connectivity index (χ3v) is 5.11. The number of rotatable bonds is 2. The van der Waals surface area contributed by atoms with Crippen LogP contribution in [0.3, 0.4) is 0 Å². The average Bonchev–Trinajstić information content (AvgIpc) is 2.89. The normalized spacial score (nSPS) is 29.7. The number of urea groups is 1. The van der Waals surface area contributed by atoms with E-state index in [1.165, 1.54) is 0 Å². The fraction of sp³-hybridized carbons (Fsp3) is 0.800. The fourth-order valence-electron chi connectivity index (χ4n) is 3.66. The minimum absolute atomic E-state index is 0. The average molecular weight is 345 g/mol. The fourth-order valence-corrected chi connectivity index (χ4v) is 3.66. The minimum Gasteiger partial charge on any atom is -0.341 e. The van der Waals surface area contributed by atoms with Crippen LogP contribution in [-0.4, -0.2) is 65.9 Å². The van der Waals surface area contributed by atoms with Gasteiger partial charge >= 0.3 is 6.03 Å². The molecule has 0 aromatic rings. The van der Waals surface area contributed by atoms with Crippen molar-refractivity contribution >= 4 is 30.3 Å². The van der Waals surface area contributed by atoms with Gasteiger partial charge in [0.2, 0.25) is 5.91 Å². The number of nitrogens with zero attached hydrogens (tertiary/aromatic N) is 2. The summed E-state index contributed by atoms with van der Waals surface area (Å²) in [5.41, 5.74) is -0.918. The second-order valence-electron chi connectivity index (χ2n) is 7.08. The Bertz CT molecular complexity index is 497. The molecule has 3 rings (SSSR count). The number of imide groups is 1. The van der Waals surface area contributed by atoms with Gasteiger partial charge in [0.15, 0.2) is 0 Å². The molecule has 8 heteroatoms. The van der Waals surface area contributed by atoms with Gasteiger partial charge in [0, 0.05) is 13.1 Å². The largest absolute Gasteiger partial charge is 0.341 e. The van der Waals surface area contributed by atoms with Crippen LogP contribution in [0.2, 0.25) is 0 Å². The van der Waals surface area contributed by atoms with Crippen molar-refractivity contribution in [2.24, 2.45) is 11.8 Å². The van der Waals surface area contributed by atoms with Gasteiger partial charge in [-0.05, 0) is 51.6 Å². The maximum atomic E-state index is 12.5. The van der Waals surface area contributed by atoms with E-state index in [0.29, 0.717) is 24.9 Å². The van der Waals surface area contributed by atoms with Crippen LogP contribution >= 0.6 is 12.4 Å². The Kier molecular flexibility index (Phi) is 5.20. The highest BCUT2D eigenvalue weighted by Gasteiger charge is 2.45. The maximum absolute atomic E-state index is 12.5. The lowest BCUT2D eigenvalue weighted by Crippen LogP contribution is -2.45. The first kappa shape index (κ1) is 18.0. The molecule has 3 heterocycles. The molecule has 0 aromatic carbocycles. The van der Waals surface area contributed by atoms with Crippen LogP contribution < -0.4 is 10.6 Å². The van der Waals surface area contributed by atoms with E-state index in [9.17, 15) is 14.4 Å². The number of amides is 4. The van der Waals surface area contributed by atoms with Gasteiger partial charge in [-0.25, -0.2) is 4.79 Å². The Hall–Kier alpha value is -1.34. The number of fused-ring (bicyclic) bond motifs is 1. The van der Waals surface area contributed by atoms with Gasteiger partial charge < -0.3 is 15.5 Å². The lowest BCUT2D eigenvalue weighted by atomic mass is 9.92. The quantitative estimate of drug-likeness (QED) is 0.701. The zero-order valence-electron chi connectivity index (χ0n) is 13.6. The van der Waals surface area contributed by atoms with E-state index in [2.05, 4.69) is 10.6 Å². The highest BCUT2D eigenvalue weighted by molar-refractivity contribution is 6.08. The molecule has 3 aliphatic rings. The first-order valence-electron chi connectivity index (χ1n) is 8.01. The first-order chi connectivity index (χ1) is 10.4. The molecule has 4 amide bonds. The molecule has 3 saturated heterocycles. The van der Waals surface area contributed by atoms with Gasteiger partial charge in [-0.1, -0.05) is 0 Å². The Balaban J connectivity index is 0.00000192. The lowest BCUT2D eigenvalue weighted by Gasteiger charge is -2.23. The molecule has 0 aliphatic carbocycles. The van der Waals surface area contributed by atoms with E-state index in [4.69, 9.17) is 0 Å². The van der Waals surface area contributed by atoms with E-state index in [1.54, 1.807) is 13.8 Å². The van der Waals surface area contributed by atoms with Crippen LogP contribution in [0.5, 0.6) is 0 Å². The van der Waals surface area contributed by atoms with Crippen LogP contribution in [0.15, 0.2) is 0 Å². The van der Waals surface area contributed by atoms with Crippen LogP contribution in [0.4, 0.5) is 4.79 Å². The van der Waals surface area contributed by atoms with E-state index in [-0.39, 0.29) is 30.8 Å². The molecule has 0 aromatic heterocycles. The van der Waals surface area contributed by atoms with Crippen molar-refractivity contribution in [2.75, 3.05) is 32.7 Å². The third-order valence-electron chi connectivity index (χ3n) is 5.11. The Morgan fingerprint density at radius 3 is 2.22 bits per heavy atom. The predicted molar refractivity (Wildman–Crippen MR) is 87.2 cm³/mol. The predicted octanol–water partition coefficient (Wildman–Crippen LogP) is 0.197. The van der Waals surface area contributed by atoms with Crippen molar-refractivity contribution in [1.29, 1.82) is 0 Å². The van der Waals surface area contributed by atoms with Crippen LogP contribution in [0, 0.1) is 11.8 Å². The zero-order chi connectivity index (χ0) is 15.9. The van der Waals surface area contributed by atoms with Crippen LogP contribution in [0.1, 0.15) is 26.7 Å². The minimum atomic E-state index is -0.918. The zero-order valence-corrected chi connectivity index (χ0v) is 14.4. The standard InChI is InChI=1S/C15H24N4O3.ClH/c1-15(2)13(21)19(14(22)17-15)9-12(20)18-5-3-10-7-16-8-11(10)4-6-18;/h10-11,16H,3-9H2,1-2H3,(H,17,22);1H/t10-,11+;. The summed E-state index contributed by atoms with van der Waals surface area (Å²) < 4.78 is 0. The molecule has 0 spiro atoms. The second kappa shape index (κ2) is 6.65. The highest BCUT2D eigenvalue weighted by atomic mass is 35.5. The number of halogens is 1. The van der Waals surface area contributed by atoms with Gasteiger partial charge in [-0.15, -0.1) is 12.4 Å². The summed E-state index contributed by atoms with van der Waals surface area (Å²) in [6.45, 7) is 6.66. The van der Waals surface area contributed by atoms with E-state index >= 15 is 0 Å². The topological polar surface area (TPSA) is 81.8 Å². The van der Waals surface area contributed by atoms with E-state index in [0.717, 1.165) is 30.8 Å². The number of nitrogens with one attached hydrogen (secondary N) is 2. The molecule has 0 bridgehead atoms. The van der Waals surface area contributed by atoms with Crippen molar-refractivity contribution in [1.82, 2.24) is 20.4 Å². The molecule has 23 heavy (non-hydrogen) atoms. The number of carbonyl (C=O) groups is 3. The summed E-state index contributed by atoms with van der Waals surface area (Å²) in [6, 6.07) is -0.473. The van der Waals surface area contributed by atoms with Crippen molar-refractivity contribution in [3.8, 4) is 0 Å². The van der Waals surface area contributed by atoms with Crippen molar-refractivity contribution in [2.45, 2.75) is 32.2 Å². The van der Waals surface area contributed by atoms with Crippen LogP contribution in [-0.2, 0) is 9.59 Å². The van der Waals surface area contributed by atoms with Crippen molar-refractivity contribution in [3.63, 3.8) is 0 Å². The van der Waals surface area contributed by atoms with Gasteiger partial charge in [0.1, 0.15) is 12.1 Å². The number of likely N-dealkylation sites (tertiary alicyclic amines) is 1. The SMILES string of the molecule is CC1(C)NC(=O)N(CC(=O)N2CC[C@@H]3CNC[C@@H]3CC2)C1=O.Cl. The smallest absolute Gasteiger partial charge is 0.325 e. The Labute approximate surface area is 142 Å². The lowest BCUT2D eigenvalue weighted by molar-refractivity contribution is -0.138. The van der Waals surface area contributed by atoms with Gasteiger partial charge in [0.25, 0.3) is 5.91 Å². The molecule has 3 aliphatic heterocycles. The third kappa shape index (κ3) is 3.45. The van der Waals surface area contributed by atoms with E-state index < -0.39 is 11.6 Å². The summed E-state index contributed by atoms with van der Waals surface area (Å²) >= 11 is 0. The van der Waals surface area contributed by atoms with Gasteiger partial charge in [0.05, 0.1) is 0 Å². The summed E-state index contributed by atoms with van der Waals surface area (Å²) in [6.07, 6.45) is 1.99. The molecular formula is C15H25ClN4O3. The Morgan fingerprint density at radius 2 is 1.74 bits per heavy atom. The van der Waals surface area contributed by atoms with Crippen LogP contribution in [0.25, 0.3) is 0 Å². The van der Waals surface area contributed by atoms with E-state index in [1.807, 2.05) is 4.90 Å². The summed E-state index contributed by atoms with van der Waals surface area (Å²) in [5, 5.41) is 6.01. The second-order valence-corrected chi connectivity index (χ2v) is 7.08. The van der Waals surface area contributed by atoms with Crippen molar-refractivity contribution < 1.29 is 14.4 Å². The molecule has 0 radical (unpaired) electrons. The molecule has 7 nitrogen and oxygen atoms in total. The molecule has 130 valence electrons. The molecule has 0 saturated carbocycles. The number of carbonyl (C=O) groups excluding carboxylic acids is 3. The van der Waals surface area contributed by atoms with Crippen molar-refractivity contribution in [3.05, 3.63) is 0 Å². The molecule has 2 atom stereocenters. The summed E-state index contributed by atoms with van der Waals surface area (Å²) in [7, 11) is 0. The highest BCUT2D eigenvalue weighted by Crippen LogP contribution is 2.27. The van der Waals surface area contributed by atoms with Gasteiger partial charge in [-0.2, -0.15) is 0 Å². The molecule has 3 fully saturated rings. The summed E-state index contributed by atoms with van der Waals surface area (Å²) in [4.78, 5) is 39.3. The number of hydrogen-bond acceptors (Lipinski definition) is 4. The molecule has 2 N–H and O–H groups in total. The Morgan fingerprint density at radius 1 is 1.17 bits per heavy atom. The molecule has 0 unspecified atom stereocenters. The summed E-state index contributed by atoms with van der Waals surface area (Å²) in [5.74, 6) is 0.831. The first-order valence-corrected chi connectivity index (χ1v) is 8.01. The molecular weight excluding hydrogens is 320 g/mol. The maximum Gasteiger partial charge on any atom is 0.325 e.